The third-order valence-electron chi connectivity index (χ3n) is 4.16. The summed E-state index contributed by atoms with van der Waals surface area (Å²) in [4.78, 5) is 45.0. The van der Waals surface area contributed by atoms with E-state index in [-0.39, 0.29) is 16.5 Å². The van der Waals surface area contributed by atoms with Crippen molar-refractivity contribution < 1.29 is 33.9 Å². The number of aliphatic carboxylic acids is 2. The number of carbonyl (C=O) groups is 3. The Balaban J connectivity index is 0.000000438. The van der Waals surface area contributed by atoms with Gasteiger partial charge in [-0.05, 0) is 12.1 Å². The molecule has 3 rings (SSSR count). The minimum absolute atomic E-state index is 0.111. The quantitative estimate of drug-likeness (QED) is 0.435. The van der Waals surface area contributed by atoms with Gasteiger partial charge in [-0.1, -0.05) is 18.2 Å². The van der Waals surface area contributed by atoms with Crippen molar-refractivity contribution in [2.24, 2.45) is 0 Å². The Hall–Kier alpha value is -3.73. The molecule has 0 spiro atoms. The first-order valence-electron chi connectivity index (χ1n) is 8.53. The van der Waals surface area contributed by atoms with Crippen molar-refractivity contribution in [2.75, 3.05) is 26.2 Å². The van der Waals surface area contributed by atoms with Crippen LogP contribution in [-0.4, -0.2) is 69.0 Å². The third kappa shape index (κ3) is 6.14. The van der Waals surface area contributed by atoms with Gasteiger partial charge in [-0.25, -0.2) is 9.59 Å². The number of furan rings is 1. The van der Waals surface area contributed by atoms with Crippen molar-refractivity contribution in [3.8, 4) is 0 Å². The molecule has 1 saturated heterocycles. The molecule has 2 heterocycles. The molecule has 1 fully saturated rings. The molecule has 1 amide bonds. The van der Waals surface area contributed by atoms with E-state index in [1.165, 1.54) is 12.3 Å². The molecule has 1 aliphatic heterocycles. The Morgan fingerprint density at radius 3 is 2.14 bits per heavy atom. The summed E-state index contributed by atoms with van der Waals surface area (Å²) in [5.41, 5.74) is 0.838. The number of carbonyl (C=O) groups excluding carboxylic acids is 1. The van der Waals surface area contributed by atoms with Gasteiger partial charge in [0.15, 0.2) is 5.76 Å². The van der Waals surface area contributed by atoms with Crippen LogP contribution >= 0.6 is 0 Å². The van der Waals surface area contributed by atoms with Crippen LogP contribution in [0.15, 0.2) is 47.1 Å². The highest BCUT2D eigenvalue weighted by atomic mass is 16.6. The number of hydrogen-bond acceptors (Lipinski definition) is 7. The van der Waals surface area contributed by atoms with Gasteiger partial charge in [0.25, 0.3) is 11.6 Å². The fraction of sp³-hybridized carbons (Fsp3) is 0.278. The molecule has 0 saturated carbocycles. The van der Waals surface area contributed by atoms with Crippen molar-refractivity contribution in [3.05, 3.63) is 64.1 Å². The standard InChI is InChI=1S/C16H17N3O4.C2H2O4/c20-16(15-6-3-11-23-15)18-9-7-17(8-10-18)12-13-4-1-2-5-14(13)19(21)22;3-1(4)2(5)6/h1-6,11H,7-10,12H2;(H,3,4)(H,5,6). The van der Waals surface area contributed by atoms with Gasteiger partial charge in [-0.2, -0.15) is 0 Å². The fourth-order valence-electron chi connectivity index (χ4n) is 2.73. The molecule has 1 aromatic carbocycles. The van der Waals surface area contributed by atoms with Gasteiger partial charge in [0.1, 0.15) is 0 Å². The minimum Gasteiger partial charge on any atom is -0.473 e. The molecule has 0 aliphatic carbocycles. The second-order valence-electron chi connectivity index (χ2n) is 6.04. The summed E-state index contributed by atoms with van der Waals surface area (Å²) < 4.78 is 5.13. The van der Waals surface area contributed by atoms with Crippen LogP contribution in [0.4, 0.5) is 5.69 Å². The molecule has 11 nitrogen and oxygen atoms in total. The van der Waals surface area contributed by atoms with Crippen molar-refractivity contribution in [3.63, 3.8) is 0 Å². The number of carboxylic acids is 2. The zero-order chi connectivity index (χ0) is 21.4. The van der Waals surface area contributed by atoms with Crippen LogP contribution in [0.25, 0.3) is 0 Å². The molecule has 0 radical (unpaired) electrons. The van der Waals surface area contributed by atoms with Crippen LogP contribution in [0, 0.1) is 10.1 Å². The number of benzene rings is 1. The topological polar surface area (TPSA) is 154 Å². The molecule has 0 unspecified atom stereocenters. The minimum atomic E-state index is -1.82. The lowest BCUT2D eigenvalue weighted by Crippen LogP contribution is -2.48. The van der Waals surface area contributed by atoms with Gasteiger partial charge in [0.2, 0.25) is 0 Å². The number of para-hydroxylation sites is 1. The first-order valence-corrected chi connectivity index (χ1v) is 8.53. The smallest absolute Gasteiger partial charge is 0.414 e. The lowest BCUT2D eigenvalue weighted by atomic mass is 10.1. The number of nitro benzene ring substituents is 1. The average Bonchev–Trinajstić information content (AvgIpc) is 3.23. The summed E-state index contributed by atoms with van der Waals surface area (Å²) in [7, 11) is 0. The van der Waals surface area contributed by atoms with Crippen molar-refractivity contribution in [1.82, 2.24) is 9.80 Å². The van der Waals surface area contributed by atoms with Crippen molar-refractivity contribution in [1.29, 1.82) is 0 Å². The van der Waals surface area contributed by atoms with E-state index >= 15 is 0 Å². The predicted molar refractivity (Wildman–Crippen MR) is 98.3 cm³/mol. The Bertz CT molecular complexity index is 861. The van der Waals surface area contributed by atoms with Crippen LogP contribution < -0.4 is 0 Å². The molecular weight excluding hydrogens is 386 g/mol. The van der Waals surface area contributed by atoms with Crippen LogP contribution in [-0.2, 0) is 16.1 Å². The first-order chi connectivity index (χ1) is 13.8. The Morgan fingerprint density at radius 1 is 1.00 bits per heavy atom. The van der Waals surface area contributed by atoms with Crippen LogP contribution in [0.1, 0.15) is 16.1 Å². The average molecular weight is 405 g/mol. The lowest BCUT2D eigenvalue weighted by molar-refractivity contribution is -0.385. The van der Waals surface area contributed by atoms with Crippen molar-refractivity contribution in [2.45, 2.75) is 6.54 Å². The van der Waals surface area contributed by atoms with E-state index in [2.05, 4.69) is 4.90 Å². The maximum atomic E-state index is 12.2. The maximum Gasteiger partial charge on any atom is 0.414 e. The number of carboxylic acid groups (broad SMARTS) is 2. The summed E-state index contributed by atoms with van der Waals surface area (Å²) in [5, 5.41) is 25.8. The monoisotopic (exact) mass is 405 g/mol. The molecule has 2 N–H and O–H groups in total. The Labute approximate surface area is 164 Å². The van der Waals surface area contributed by atoms with Gasteiger partial charge in [-0.3, -0.25) is 19.8 Å². The molecule has 29 heavy (non-hydrogen) atoms. The highest BCUT2D eigenvalue weighted by molar-refractivity contribution is 6.27. The summed E-state index contributed by atoms with van der Waals surface area (Å²) in [6.07, 6.45) is 1.48. The number of nitro groups is 1. The van der Waals surface area contributed by atoms with Gasteiger partial charge < -0.3 is 19.5 Å². The largest absolute Gasteiger partial charge is 0.473 e. The summed E-state index contributed by atoms with van der Waals surface area (Å²) >= 11 is 0. The van der Waals surface area contributed by atoms with E-state index in [9.17, 15) is 14.9 Å². The normalized spacial score (nSPS) is 13.9. The summed E-state index contributed by atoms with van der Waals surface area (Å²) in [5.74, 6) is -3.41. The van der Waals surface area contributed by atoms with E-state index in [1.807, 2.05) is 0 Å². The number of rotatable bonds is 4. The molecule has 154 valence electrons. The van der Waals surface area contributed by atoms with Crippen LogP contribution in [0.3, 0.4) is 0 Å². The molecular formula is C18H19N3O8. The van der Waals surface area contributed by atoms with Crippen molar-refractivity contribution >= 4 is 23.5 Å². The number of amides is 1. The number of piperazine rings is 1. The molecule has 2 aromatic rings. The molecule has 1 aliphatic rings. The molecule has 0 bridgehead atoms. The third-order valence-corrected chi connectivity index (χ3v) is 4.16. The summed E-state index contributed by atoms with van der Waals surface area (Å²) in [6, 6.07) is 10.1. The Morgan fingerprint density at radius 2 is 1.62 bits per heavy atom. The van der Waals surface area contributed by atoms with E-state index < -0.39 is 11.9 Å². The first kappa shape index (κ1) is 21.6. The second kappa shape index (κ2) is 9.99. The van der Waals surface area contributed by atoms with Crippen LogP contribution in [0.2, 0.25) is 0 Å². The van der Waals surface area contributed by atoms with Gasteiger partial charge >= 0.3 is 11.9 Å². The molecule has 1 aromatic heterocycles. The predicted octanol–water partition coefficient (Wildman–Crippen LogP) is 1.30. The van der Waals surface area contributed by atoms with E-state index in [0.717, 1.165) is 0 Å². The van der Waals surface area contributed by atoms with Gasteiger partial charge in [0, 0.05) is 44.4 Å². The fourth-order valence-corrected chi connectivity index (χ4v) is 2.73. The highest BCUT2D eigenvalue weighted by Crippen LogP contribution is 2.20. The van der Waals surface area contributed by atoms with E-state index in [4.69, 9.17) is 24.2 Å². The number of hydrogen-bond donors (Lipinski definition) is 2. The van der Waals surface area contributed by atoms with E-state index in [0.29, 0.717) is 44.0 Å². The number of nitrogens with zero attached hydrogens (tertiary/aromatic N) is 3. The Kier molecular flexibility index (Phi) is 7.43. The highest BCUT2D eigenvalue weighted by Gasteiger charge is 2.25. The lowest BCUT2D eigenvalue weighted by Gasteiger charge is -2.34. The zero-order valence-corrected chi connectivity index (χ0v) is 15.3. The second-order valence-corrected chi connectivity index (χ2v) is 6.04. The van der Waals surface area contributed by atoms with Crippen LogP contribution in [0.5, 0.6) is 0 Å². The van der Waals surface area contributed by atoms with E-state index in [1.54, 1.807) is 35.2 Å². The maximum absolute atomic E-state index is 12.2. The summed E-state index contributed by atoms with van der Waals surface area (Å²) in [6.45, 7) is 3.04. The molecule has 11 heteroatoms. The van der Waals surface area contributed by atoms with Gasteiger partial charge in [0.05, 0.1) is 11.2 Å². The van der Waals surface area contributed by atoms with Gasteiger partial charge in [-0.15, -0.1) is 0 Å². The molecule has 0 atom stereocenters. The SMILES string of the molecule is O=C(O)C(=O)O.O=C(c1ccco1)N1CCN(Cc2ccccc2[N+](=O)[O-])CC1. The zero-order valence-electron chi connectivity index (χ0n) is 15.3.